The van der Waals surface area contributed by atoms with E-state index in [-0.39, 0.29) is 5.97 Å². The number of isocyanates is 2. The Morgan fingerprint density at radius 2 is 1.95 bits per heavy atom. The first-order valence-electron chi connectivity index (χ1n) is 5.10. The number of ether oxygens (including phenoxy) is 1. The second-order valence-electron chi connectivity index (χ2n) is 2.93. The Bertz CT molecular complexity index is 586. The van der Waals surface area contributed by atoms with Gasteiger partial charge in [0.05, 0.1) is 6.61 Å². The van der Waals surface area contributed by atoms with Gasteiger partial charge in [-0.15, -0.1) is 11.3 Å². The molecule has 0 radical (unpaired) electrons. The van der Waals surface area contributed by atoms with Gasteiger partial charge in [-0.05, 0) is 17.9 Å². The Labute approximate surface area is 119 Å². The minimum Gasteiger partial charge on any atom is -0.462 e. The van der Waals surface area contributed by atoms with Crippen molar-refractivity contribution in [2.45, 2.75) is 13.3 Å². The zero-order chi connectivity index (χ0) is 15.4. The molecular weight excluding hydrogens is 308 g/mol. The second-order valence-corrected chi connectivity index (χ2v) is 5.13. The van der Waals surface area contributed by atoms with Crippen LogP contribution in [0.15, 0.2) is 26.3 Å². The molecule has 0 aliphatic carbocycles. The zero-order valence-corrected chi connectivity index (χ0v) is 11.9. The standard InChI is InChI=1S/C8H10O2S.C2N2O4S/c1-2-5-10-8(9)7-4-3-6-11-7;5-1-3-9(7,8)4-2-6/h3-4,6H,2,5H2,1H3;. The van der Waals surface area contributed by atoms with E-state index >= 15 is 0 Å². The first-order valence-corrected chi connectivity index (χ1v) is 7.38. The van der Waals surface area contributed by atoms with Gasteiger partial charge in [0, 0.05) is 0 Å². The Morgan fingerprint density at radius 1 is 1.35 bits per heavy atom. The highest BCUT2D eigenvalue weighted by atomic mass is 32.2. The molecule has 20 heavy (non-hydrogen) atoms. The lowest BCUT2D eigenvalue weighted by atomic mass is 10.5. The maximum Gasteiger partial charge on any atom is 0.383 e. The van der Waals surface area contributed by atoms with Crippen molar-refractivity contribution in [3.63, 3.8) is 0 Å². The van der Waals surface area contributed by atoms with Crippen LogP contribution in [-0.2, 0) is 24.5 Å². The van der Waals surface area contributed by atoms with Crippen molar-refractivity contribution in [1.82, 2.24) is 0 Å². The van der Waals surface area contributed by atoms with Crippen molar-refractivity contribution in [3.8, 4) is 0 Å². The molecule has 1 aromatic rings. The normalized spacial score (nSPS) is 9.25. The quantitative estimate of drug-likeness (QED) is 0.457. The van der Waals surface area contributed by atoms with E-state index in [1.165, 1.54) is 11.3 Å². The van der Waals surface area contributed by atoms with Crippen LogP contribution in [0.2, 0.25) is 0 Å². The van der Waals surface area contributed by atoms with Gasteiger partial charge in [-0.2, -0.15) is 8.42 Å². The molecule has 1 aromatic heterocycles. The molecule has 0 unspecified atom stereocenters. The van der Waals surface area contributed by atoms with E-state index in [4.69, 9.17) is 4.74 Å². The number of rotatable bonds is 5. The van der Waals surface area contributed by atoms with Crippen LogP contribution in [0.5, 0.6) is 0 Å². The highest BCUT2D eigenvalue weighted by Gasteiger charge is 2.05. The van der Waals surface area contributed by atoms with E-state index < -0.39 is 10.2 Å². The van der Waals surface area contributed by atoms with Crippen LogP contribution in [0.3, 0.4) is 0 Å². The lowest BCUT2D eigenvalue weighted by Crippen LogP contribution is -2.03. The van der Waals surface area contributed by atoms with Gasteiger partial charge >= 0.3 is 16.2 Å². The lowest BCUT2D eigenvalue weighted by Gasteiger charge is -1.98. The molecule has 1 rings (SSSR count). The molecule has 0 saturated heterocycles. The fraction of sp³-hybridized carbons (Fsp3) is 0.300. The molecular formula is C10H10N2O6S2. The summed E-state index contributed by atoms with van der Waals surface area (Å²) in [5.74, 6) is -0.207. The van der Waals surface area contributed by atoms with Gasteiger partial charge in [0.1, 0.15) is 4.88 Å². The maximum atomic E-state index is 11.1. The topological polar surface area (TPSA) is 119 Å². The summed E-state index contributed by atoms with van der Waals surface area (Å²) in [6.07, 6.45) is 2.29. The molecule has 0 fully saturated rings. The first kappa shape index (κ1) is 17.9. The van der Waals surface area contributed by atoms with E-state index in [2.05, 4.69) is 8.80 Å². The van der Waals surface area contributed by atoms with E-state index in [1.807, 2.05) is 18.4 Å². The second kappa shape index (κ2) is 9.76. The Morgan fingerprint density at radius 3 is 2.35 bits per heavy atom. The van der Waals surface area contributed by atoms with Crippen molar-refractivity contribution >= 4 is 39.7 Å². The third-order valence-corrected chi connectivity index (χ3v) is 2.93. The summed E-state index contributed by atoms with van der Waals surface area (Å²) in [7, 11) is -4.28. The van der Waals surface area contributed by atoms with Gasteiger partial charge in [-0.3, -0.25) is 0 Å². The fourth-order valence-electron chi connectivity index (χ4n) is 0.775. The predicted octanol–water partition coefficient (Wildman–Crippen LogP) is 1.22. The van der Waals surface area contributed by atoms with Crippen molar-refractivity contribution in [2.24, 2.45) is 8.80 Å². The molecule has 10 heteroatoms. The molecule has 0 aliphatic heterocycles. The van der Waals surface area contributed by atoms with Crippen molar-refractivity contribution in [3.05, 3.63) is 22.4 Å². The first-order chi connectivity index (χ1) is 9.46. The van der Waals surface area contributed by atoms with E-state index in [0.29, 0.717) is 23.6 Å². The van der Waals surface area contributed by atoms with Crippen molar-refractivity contribution in [1.29, 1.82) is 0 Å². The van der Waals surface area contributed by atoms with E-state index in [1.54, 1.807) is 6.07 Å². The number of carbonyl (C=O) groups is 1. The van der Waals surface area contributed by atoms with Gasteiger partial charge in [0.25, 0.3) is 12.2 Å². The number of hydrogen-bond acceptors (Lipinski definition) is 7. The molecule has 0 bridgehead atoms. The molecule has 108 valence electrons. The molecule has 0 atom stereocenters. The molecule has 0 amide bonds. The SMILES string of the molecule is CCCOC(=O)c1cccs1.O=C=NS(=O)(=O)N=C=O. The van der Waals surface area contributed by atoms with Crippen LogP contribution in [0.25, 0.3) is 0 Å². The average molecular weight is 318 g/mol. The average Bonchev–Trinajstić information content (AvgIpc) is 2.90. The summed E-state index contributed by atoms with van der Waals surface area (Å²) >= 11 is 1.41. The Hall–Kier alpha value is -2.12. The van der Waals surface area contributed by atoms with Crippen LogP contribution < -0.4 is 0 Å². The Balaban J connectivity index is 0.000000370. The summed E-state index contributed by atoms with van der Waals surface area (Å²) in [5, 5.41) is 1.86. The molecule has 0 spiro atoms. The molecule has 0 saturated carbocycles. The predicted molar refractivity (Wildman–Crippen MR) is 70.1 cm³/mol. The highest BCUT2D eigenvalue weighted by molar-refractivity contribution is 7.89. The van der Waals surface area contributed by atoms with E-state index in [9.17, 15) is 22.8 Å². The molecule has 0 aromatic carbocycles. The van der Waals surface area contributed by atoms with Gasteiger partial charge in [-0.25, -0.2) is 14.4 Å². The summed E-state index contributed by atoms with van der Waals surface area (Å²) in [6.45, 7) is 2.48. The number of carbonyl (C=O) groups excluding carboxylic acids is 3. The van der Waals surface area contributed by atoms with E-state index in [0.717, 1.165) is 6.42 Å². The Kier molecular flexibility index (Phi) is 8.73. The minimum atomic E-state index is -4.28. The minimum absolute atomic E-state index is 0.207. The maximum absolute atomic E-state index is 11.1. The number of esters is 1. The monoisotopic (exact) mass is 318 g/mol. The van der Waals surface area contributed by atoms with Gasteiger partial charge in [-0.1, -0.05) is 21.8 Å². The largest absolute Gasteiger partial charge is 0.462 e. The summed E-state index contributed by atoms with van der Waals surface area (Å²) < 4.78 is 29.2. The summed E-state index contributed by atoms with van der Waals surface area (Å²) in [5.41, 5.74) is 0. The van der Waals surface area contributed by atoms with Crippen molar-refractivity contribution < 1.29 is 27.5 Å². The molecule has 8 nitrogen and oxygen atoms in total. The number of nitrogens with zero attached hydrogens (tertiary/aromatic N) is 2. The molecule has 0 aliphatic rings. The molecule has 0 N–H and O–H groups in total. The lowest BCUT2D eigenvalue weighted by molar-refractivity contribution is 0.0511. The van der Waals surface area contributed by atoms with Gasteiger partial charge in [0.15, 0.2) is 0 Å². The summed E-state index contributed by atoms with van der Waals surface area (Å²) in [6, 6.07) is 3.61. The fourth-order valence-corrected chi connectivity index (χ4v) is 1.62. The molecule has 1 heterocycles. The third-order valence-electron chi connectivity index (χ3n) is 1.46. The van der Waals surface area contributed by atoms with Gasteiger partial charge in [0.2, 0.25) is 0 Å². The van der Waals surface area contributed by atoms with Crippen LogP contribution >= 0.6 is 11.3 Å². The number of hydrogen-bond donors (Lipinski definition) is 0. The van der Waals surface area contributed by atoms with Crippen LogP contribution in [0.1, 0.15) is 23.0 Å². The highest BCUT2D eigenvalue weighted by Crippen LogP contribution is 2.09. The summed E-state index contributed by atoms with van der Waals surface area (Å²) in [4.78, 5) is 30.2. The smallest absolute Gasteiger partial charge is 0.383 e. The van der Waals surface area contributed by atoms with Crippen LogP contribution in [0.4, 0.5) is 0 Å². The number of thiophene rings is 1. The van der Waals surface area contributed by atoms with Crippen LogP contribution in [-0.4, -0.2) is 33.2 Å². The third kappa shape index (κ3) is 8.06. The van der Waals surface area contributed by atoms with Crippen molar-refractivity contribution in [2.75, 3.05) is 6.61 Å². The van der Waals surface area contributed by atoms with Crippen LogP contribution in [0, 0.1) is 0 Å². The van der Waals surface area contributed by atoms with Gasteiger partial charge < -0.3 is 4.74 Å². The zero-order valence-electron chi connectivity index (χ0n) is 10.3.